The normalized spacial score (nSPS) is 28.9. The van der Waals surface area contributed by atoms with Gasteiger partial charge in [-0.3, -0.25) is 19.4 Å². The van der Waals surface area contributed by atoms with Gasteiger partial charge in [-0.25, -0.2) is 14.8 Å². The van der Waals surface area contributed by atoms with Crippen LogP contribution in [0.25, 0.3) is 0 Å². The van der Waals surface area contributed by atoms with Gasteiger partial charge in [0.2, 0.25) is 5.79 Å². The maximum Gasteiger partial charge on any atom is 0.331 e. The molecule has 2 aromatic rings. The number of carbonyl (C=O) groups is 3. The molecule has 2 aromatic carbocycles. The van der Waals surface area contributed by atoms with E-state index < -0.39 is 47.4 Å². The van der Waals surface area contributed by atoms with Gasteiger partial charge in [0.1, 0.15) is 18.6 Å². The number of aliphatic hydroxyl groups is 2. The summed E-state index contributed by atoms with van der Waals surface area (Å²) in [5.74, 6) is -3.67. The van der Waals surface area contributed by atoms with Crippen LogP contribution in [0.5, 0.6) is 0 Å². The first kappa shape index (κ1) is 28.1. The topological polar surface area (TPSA) is 202 Å². The highest BCUT2D eigenvalue weighted by Crippen LogP contribution is 2.45. The van der Waals surface area contributed by atoms with Crippen LogP contribution >= 0.6 is 0 Å². The molecule has 2 saturated heterocycles. The van der Waals surface area contributed by atoms with E-state index in [9.17, 15) is 24.6 Å². The highest BCUT2D eigenvalue weighted by atomic mass is 16.5. The number of rotatable bonds is 5. The number of hydrogen-bond acceptors (Lipinski definition) is 11. The van der Waals surface area contributed by atoms with Crippen molar-refractivity contribution in [3.63, 3.8) is 0 Å². The van der Waals surface area contributed by atoms with Crippen LogP contribution in [0.2, 0.25) is 0 Å². The summed E-state index contributed by atoms with van der Waals surface area (Å²) in [6.07, 6.45) is 4.78. The van der Waals surface area contributed by atoms with Crippen molar-refractivity contribution >= 4 is 35.5 Å². The van der Waals surface area contributed by atoms with Crippen LogP contribution in [0.15, 0.2) is 58.5 Å². The summed E-state index contributed by atoms with van der Waals surface area (Å²) in [7, 11) is 0. The molecule has 4 heterocycles. The lowest BCUT2D eigenvalue weighted by Crippen LogP contribution is -2.78. The lowest BCUT2D eigenvalue weighted by molar-refractivity contribution is -0.230. The van der Waals surface area contributed by atoms with Crippen LogP contribution in [0, 0.1) is 0 Å². The molecular formula is C30H35N9O5. The maximum absolute atomic E-state index is 13.7. The van der Waals surface area contributed by atoms with Gasteiger partial charge < -0.3 is 37.2 Å². The van der Waals surface area contributed by atoms with Gasteiger partial charge in [0, 0.05) is 17.8 Å². The first-order valence-corrected chi connectivity index (χ1v) is 14.9. The second-order valence-corrected chi connectivity index (χ2v) is 12.0. The van der Waals surface area contributed by atoms with Gasteiger partial charge in [-0.2, -0.15) is 0 Å². The number of carbonyl (C=O) groups excluding carboxylic acids is 3. The summed E-state index contributed by atoms with van der Waals surface area (Å²) < 4.78 is 0. The number of nitrogens with one attached hydrogen (secondary N) is 2. The number of amides is 4. The predicted octanol–water partition coefficient (Wildman–Crippen LogP) is -0.801. The Morgan fingerprint density at radius 1 is 1.02 bits per heavy atom. The van der Waals surface area contributed by atoms with Crippen molar-refractivity contribution < 1.29 is 24.6 Å². The highest BCUT2D eigenvalue weighted by molar-refractivity contribution is 6.12. The van der Waals surface area contributed by atoms with Gasteiger partial charge >= 0.3 is 6.03 Å². The van der Waals surface area contributed by atoms with Crippen molar-refractivity contribution in [2.45, 2.75) is 61.7 Å². The number of urea groups is 1. The van der Waals surface area contributed by atoms with Gasteiger partial charge in [0.25, 0.3) is 11.8 Å². The molecule has 4 aliphatic heterocycles. The van der Waals surface area contributed by atoms with E-state index >= 15 is 0 Å². The first-order valence-electron chi connectivity index (χ1n) is 14.9. The molecule has 7 rings (SSSR count). The molecule has 0 bridgehead atoms. The van der Waals surface area contributed by atoms with Crippen LogP contribution in [0.3, 0.4) is 0 Å². The molecule has 1 aliphatic carbocycles. The first-order chi connectivity index (χ1) is 21.1. The number of para-hydroxylation sites is 1. The molecular weight excluding hydrogens is 566 g/mol. The zero-order chi connectivity index (χ0) is 30.8. The number of anilines is 1. The van der Waals surface area contributed by atoms with E-state index in [1.165, 1.54) is 9.80 Å². The third kappa shape index (κ3) is 4.12. The van der Waals surface area contributed by atoms with Crippen molar-refractivity contribution in [2.24, 2.45) is 21.5 Å². The maximum atomic E-state index is 13.7. The zero-order valence-corrected chi connectivity index (χ0v) is 24.0. The van der Waals surface area contributed by atoms with Crippen LogP contribution in [-0.2, 0) is 17.6 Å². The molecule has 5 aliphatic rings. The molecule has 8 N–H and O–H groups in total. The fourth-order valence-corrected chi connectivity index (χ4v) is 7.36. The average molecular weight is 602 g/mol. The molecule has 230 valence electrons. The highest BCUT2D eigenvalue weighted by Gasteiger charge is 2.73. The smallest absolute Gasteiger partial charge is 0.331 e. The summed E-state index contributed by atoms with van der Waals surface area (Å²) >= 11 is 0. The number of aliphatic imine (C=N–C) groups is 2. The Bertz CT molecular complexity index is 1590. The monoisotopic (exact) mass is 601 g/mol. The Morgan fingerprint density at radius 3 is 2.59 bits per heavy atom. The number of benzene rings is 2. The number of guanidine groups is 2. The summed E-state index contributed by atoms with van der Waals surface area (Å²) in [6, 6.07) is 10.7. The van der Waals surface area contributed by atoms with E-state index in [0.717, 1.165) is 48.1 Å². The van der Waals surface area contributed by atoms with Gasteiger partial charge in [0.15, 0.2) is 17.6 Å². The number of aryl methyl sites for hydroxylation is 1. The zero-order valence-electron chi connectivity index (χ0n) is 24.0. The molecule has 44 heavy (non-hydrogen) atoms. The number of nitrogens with zero attached hydrogens (tertiary/aromatic N) is 5. The van der Waals surface area contributed by atoms with Gasteiger partial charge in [-0.1, -0.05) is 36.8 Å². The molecule has 14 nitrogen and oxygen atoms in total. The molecule has 0 radical (unpaired) electrons. The minimum absolute atomic E-state index is 0.0690. The quantitative estimate of drug-likeness (QED) is 0.144. The van der Waals surface area contributed by atoms with Crippen molar-refractivity contribution in [3.05, 3.63) is 65.2 Å². The Morgan fingerprint density at radius 2 is 1.80 bits per heavy atom. The third-order valence-corrected chi connectivity index (χ3v) is 9.49. The molecule has 14 heteroatoms. The minimum atomic E-state index is -2.64. The second-order valence-electron chi connectivity index (χ2n) is 12.0. The number of hydrogen-bond donors (Lipinski definition) is 6. The van der Waals surface area contributed by atoms with E-state index in [2.05, 4.69) is 20.6 Å². The second kappa shape index (κ2) is 10.2. The lowest BCUT2D eigenvalue weighted by Gasteiger charge is -2.49. The third-order valence-electron chi connectivity index (χ3n) is 9.49. The van der Waals surface area contributed by atoms with E-state index in [4.69, 9.17) is 11.5 Å². The number of imide groups is 1. The summed E-state index contributed by atoms with van der Waals surface area (Å²) in [5, 5.41) is 29.4. The predicted molar refractivity (Wildman–Crippen MR) is 160 cm³/mol. The number of nitrogens with two attached hydrogens (primary N) is 2. The van der Waals surface area contributed by atoms with Crippen LogP contribution in [0.4, 0.5) is 10.5 Å². The Labute approximate surface area is 253 Å². The van der Waals surface area contributed by atoms with Gasteiger partial charge in [-0.05, 0) is 55.0 Å². The molecule has 1 spiro atoms. The molecule has 2 fully saturated rings. The van der Waals surface area contributed by atoms with Crippen molar-refractivity contribution in [3.8, 4) is 0 Å². The molecule has 4 atom stereocenters. The average Bonchev–Trinajstić information content (AvgIpc) is 3.48. The largest absolute Gasteiger partial charge is 0.370 e. The fraction of sp³-hybridized carbons (Fsp3) is 0.433. The summed E-state index contributed by atoms with van der Waals surface area (Å²) in [4.78, 5) is 52.9. The SMILES string of the molecule is NC1=N[C@H]2[C@H](CN3C(=O)CN(c4ccccc4)C3=O)N=C(N)N3CC(NC(=O)c4cccc5c4CCCCC5)C(O)(O)[C@]23N1. The molecule has 0 saturated carbocycles. The standard InChI is InChI=1S/C30H35N9O5/c31-26-35-24-21(14-38-23(40)16-37(28(38)42)18-10-4-2-5-11-18)33-27(32)39-15-22(30(43,44)29(24,39)36-26)34-25(41)20-13-7-9-17-8-3-1-6-12-19(17)20/h2,4-5,7,9-11,13,21-22,24,43-44H,1,3,6,8,12,14-16H2,(H2,32,33)(H,34,41)(H3,31,35,36)/t21-,22?,24-,29-/m0/s1. The fourth-order valence-electron chi connectivity index (χ4n) is 7.36. The summed E-state index contributed by atoms with van der Waals surface area (Å²) in [6.45, 7) is -0.475. The lowest BCUT2D eigenvalue weighted by atomic mass is 9.84. The van der Waals surface area contributed by atoms with E-state index in [1.54, 1.807) is 30.3 Å². The molecule has 4 amide bonds. The number of fused-ring (bicyclic) bond motifs is 1. The molecule has 0 aromatic heterocycles. The van der Waals surface area contributed by atoms with E-state index in [0.29, 0.717) is 11.3 Å². The van der Waals surface area contributed by atoms with Gasteiger partial charge in [0.05, 0.1) is 12.6 Å². The molecule has 1 unspecified atom stereocenters. The van der Waals surface area contributed by atoms with Crippen LogP contribution < -0.4 is 27.0 Å². The Kier molecular flexibility index (Phi) is 6.51. The van der Waals surface area contributed by atoms with Crippen molar-refractivity contribution in [1.29, 1.82) is 0 Å². The minimum Gasteiger partial charge on any atom is -0.370 e. The Balaban J connectivity index is 1.16. The van der Waals surface area contributed by atoms with Crippen LogP contribution in [-0.4, -0.2) is 99.0 Å². The van der Waals surface area contributed by atoms with Crippen molar-refractivity contribution in [1.82, 2.24) is 20.4 Å². The van der Waals surface area contributed by atoms with E-state index in [-0.39, 0.29) is 31.6 Å². The van der Waals surface area contributed by atoms with E-state index in [1.807, 2.05) is 18.2 Å². The van der Waals surface area contributed by atoms with Gasteiger partial charge in [-0.15, -0.1) is 0 Å². The van der Waals surface area contributed by atoms with Crippen molar-refractivity contribution in [2.75, 3.05) is 24.5 Å². The van der Waals surface area contributed by atoms with Crippen LogP contribution in [0.1, 0.15) is 40.7 Å². The Hall–Kier alpha value is -4.69. The summed E-state index contributed by atoms with van der Waals surface area (Å²) in [5.41, 5.74) is 13.9.